The standard InChI is InChI=1S/C22H24N2OS/c1-3-24(4-2)21(25)16-26-22-19(14-17-10-6-5-7-11-17)15-18-12-8-9-13-20(18)23-22/h5-13,15H,3-4,14,16H2,1-2H3. The minimum atomic E-state index is 0.167. The van der Waals surface area contributed by atoms with Crippen molar-refractivity contribution in [2.24, 2.45) is 0 Å². The molecule has 3 nitrogen and oxygen atoms in total. The number of nitrogens with zero attached hydrogens (tertiary/aromatic N) is 2. The Morgan fingerprint density at radius 2 is 1.69 bits per heavy atom. The van der Waals surface area contributed by atoms with Gasteiger partial charge in [-0.25, -0.2) is 4.98 Å². The zero-order valence-electron chi connectivity index (χ0n) is 15.3. The van der Waals surface area contributed by atoms with Gasteiger partial charge in [0.25, 0.3) is 0 Å². The molecule has 0 unspecified atom stereocenters. The minimum absolute atomic E-state index is 0.167. The Morgan fingerprint density at radius 1 is 1.00 bits per heavy atom. The second-order valence-electron chi connectivity index (χ2n) is 6.16. The number of carbonyl (C=O) groups excluding carboxylic acids is 1. The van der Waals surface area contributed by atoms with Crippen molar-refractivity contribution in [3.05, 3.63) is 71.8 Å². The monoisotopic (exact) mass is 364 g/mol. The van der Waals surface area contributed by atoms with Crippen LogP contribution in [0, 0.1) is 0 Å². The normalized spacial score (nSPS) is 10.8. The van der Waals surface area contributed by atoms with Crippen molar-refractivity contribution in [2.75, 3.05) is 18.8 Å². The smallest absolute Gasteiger partial charge is 0.232 e. The third-order valence-corrected chi connectivity index (χ3v) is 5.47. The summed E-state index contributed by atoms with van der Waals surface area (Å²) >= 11 is 1.55. The number of fused-ring (bicyclic) bond motifs is 1. The van der Waals surface area contributed by atoms with Gasteiger partial charge in [-0.15, -0.1) is 0 Å². The van der Waals surface area contributed by atoms with E-state index in [4.69, 9.17) is 4.98 Å². The zero-order chi connectivity index (χ0) is 18.4. The number of hydrogen-bond donors (Lipinski definition) is 0. The minimum Gasteiger partial charge on any atom is -0.343 e. The fourth-order valence-electron chi connectivity index (χ4n) is 3.01. The van der Waals surface area contributed by atoms with Crippen LogP contribution in [0.5, 0.6) is 0 Å². The van der Waals surface area contributed by atoms with E-state index in [9.17, 15) is 4.79 Å². The molecule has 1 aromatic heterocycles. The second kappa shape index (κ2) is 8.86. The lowest BCUT2D eigenvalue weighted by atomic mass is 10.0. The maximum Gasteiger partial charge on any atom is 0.232 e. The predicted molar refractivity (Wildman–Crippen MR) is 110 cm³/mol. The Balaban J connectivity index is 1.88. The molecule has 2 aromatic carbocycles. The summed E-state index contributed by atoms with van der Waals surface area (Å²) < 4.78 is 0. The summed E-state index contributed by atoms with van der Waals surface area (Å²) in [6.07, 6.45) is 0.820. The number of hydrogen-bond acceptors (Lipinski definition) is 3. The van der Waals surface area contributed by atoms with Crippen LogP contribution in [0.3, 0.4) is 0 Å². The van der Waals surface area contributed by atoms with Crippen LogP contribution >= 0.6 is 11.8 Å². The van der Waals surface area contributed by atoms with E-state index in [-0.39, 0.29) is 5.91 Å². The summed E-state index contributed by atoms with van der Waals surface area (Å²) in [6.45, 7) is 5.53. The summed E-state index contributed by atoms with van der Waals surface area (Å²) in [5.41, 5.74) is 3.40. The SMILES string of the molecule is CCN(CC)C(=O)CSc1nc2ccccc2cc1Cc1ccccc1. The molecule has 0 saturated heterocycles. The molecular formula is C22H24N2OS. The fraction of sp³-hybridized carbons (Fsp3) is 0.273. The van der Waals surface area contributed by atoms with Gasteiger partial charge < -0.3 is 4.90 Å². The third-order valence-electron chi connectivity index (χ3n) is 4.45. The van der Waals surface area contributed by atoms with Crippen molar-refractivity contribution in [3.8, 4) is 0 Å². The second-order valence-corrected chi connectivity index (χ2v) is 7.13. The van der Waals surface area contributed by atoms with Crippen LogP contribution in [-0.2, 0) is 11.2 Å². The number of thioether (sulfide) groups is 1. The molecule has 0 N–H and O–H groups in total. The van der Waals surface area contributed by atoms with Crippen molar-refractivity contribution >= 4 is 28.6 Å². The molecule has 26 heavy (non-hydrogen) atoms. The summed E-state index contributed by atoms with van der Waals surface area (Å²) in [5.74, 6) is 0.593. The molecule has 4 heteroatoms. The molecular weight excluding hydrogens is 340 g/mol. The Kier molecular flexibility index (Phi) is 6.29. The highest BCUT2D eigenvalue weighted by Crippen LogP contribution is 2.27. The van der Waals surface area contributed by atoms with Crippen molar-refractivity contribution in [1.29, 1.82) is 0 Å². The van der Waals surface area contributed by atoms with Gasteiger partial charge in [-0.1, -0.05) is 60.3 Å². The highest BCUT2D eigenvalue weighted by atomic mass is 32.2. The molecule has 0 atom stereocenters. The molecule has 134 valence electrons. The van der Waals surface area contributed by atoms with Gasteiger partial charge in [0.1, 0.15) is 5.03 Å². The van der Waals surface area contributed by atoms with Crippen molar-refractivity contribution in [2.45, 2.75) is 25.3 Å². The van der Waals surface area contributed by atoms with Crippen LogP contribution in [0.4, 0.5) is 0 Å². The quantitative estimate of drug-likeness (QED) is 0.565. The molecule has 0 saturated carbocycles. The topological polar surface area (TPSA) is 33.2 Å². The molecule has 1 heterocycles. The van der Waals surface area contributed by atoms with Crippen LogP contribution in [0.2, 0.25) is 0 Å². The summed E-state index contributed by atoms with van der Waals surface area (Å²) in [7, 11) is 0. The van der Waals surface area contributed by atoms with Gasteiger partial charge in [0.05, 0.1) is 11.3 Å². The van der Waals surface area contributed by atoms with Gasteiger partial charge in [-0.05, 0) is 37.1 Å². The fourth-order valence-corrected chi connectivity index (χ4v) is 3.93. The highest BCUT2D eigenvalue weighted by Gasteiger charge is 2.14. The molecule has 0 aliphatic rings. The first-order valence-corrected chi connectivity index (χ1v) is 10.0. The lowest BCUT2D eigenvalue weighted by molar-refractivity contribution is -0.127. The predicted octanol–water partition coefficient (Wildman–Crippen LogP) is 4.79. The molecule has 1 amide bonds. The Hall–Kier alpha value is -2.33. The van der Waals surface area contributed by atoms with Crippen LogP contribution in [-0.4, -0.2) is 34.6 Å². The first-order valence-electron chi connectivity index (χ1n) is 9.04. The lowest BCUT2D eigenvalue weighted by Gasteiger charge is -2.18. The van der Waals surface area contributed by atoms with E-state index in [0.717, 1.165) is 35.4 Å². The van der Waals surface area contributed by atoms with Crippen LogP contribution in [0.1, 0.15) is 25.0 Å². The molecule has 0 fully saturated rings. The van der Waals surface area contributed by atoms with E-state index < -0.39 is 0 Å². The lowest BCUT2D eigenvalue weighted by Crippen LogP contribution is -2.31. The number of amides is 1. The van der Waals surface area contributed by atoms with E-state index >= 15 is 0 Å². The summed E-state index contributed by atoms with van der Waals surface area (Å²) in [4.78, 5) is 19.1. The van der Waals surface area contributed by atoms with Crippen molar-refractivity contribution in [3.63, 3.8) is 0 Å². The molecule has 0 aliphatic carbocycles. The largest absolute Gasteiger partial charge is 0.343 e. The van der Waals surface area contributed by atoms with E-state index in [2.05, 4.69) is 36.4 Å². The number of rotatable bonds is 7. The number of benzene rings is 2. The first kappa shape index (κ1) is 18.5. The third kappa shape index (κ3) is 4.44. The molecule has 0 aliphatic heterocycles. The zero-order valence-corrected chi connectivity index (χ0v) is 16.1. The average Bonchev–Trinajstić information content (AvgIpc) is 2.68. The summed E-state index contributed by atoms with van der Waals surface area (Å²) in [6, 6.07) is 20.8. The average molecular weight is 365 g/mol. The van der Waals surface area contributed by atoms with E-state index in [0.29, 0.717) is 5.75 Å². The molecule has 0 radical (unpaired) electrons. The first-order chi connectivity index (χ1) is 12.7. The van der Waals surface area contributed by atoms with Crippen molar-refractivity contribution in [1.82, 2.24) is 9.88 Å². The Morgan fingerprint density at radius 3 is 2.42 bits per heavy atom. The molecule has 3 rings (SSSR count). The Bertz CT molecular complexity index is 876. The summed E-state index contributed by atoms with van der Waals surface area (Å²) in [5, 5.41) is 2.09. The van der Waals surface area contributed by atoms with Crippen LogP contribution < -0.4 is 0 Å². The maximum atomic E-state index is 12.4. The van der Waals surface area contributed by atoms with Crippen molar-refractivity contribution < 1.29 is 4.79 Å². The van der Waals surface area contributed by atoms with Gasteiger partial charge in [-0.3, -0.25) is 4.79 Å². The van der Waals surface area contributed by atoms with Gasteiger partial charge in [-0.2, -0.15) is 0 Å². The Labute approximate surface area is 159 Å². The van der Waals surface area contributed by atoms with Crippen LogP contribution in [0.15, 0.2) is 65.7 Å². The maximum absolute atomic E-state index is 12.4. The van der Waals surface area contributed by atoms with Gasteiger partial charge in [0.15, 0.2) is 0 Å². The molecule has 0 spiro atoms. The number of para-hydroxylation sites is 1. The van der Waals surface area contributed by atoms with Gasteiger partial charge >= 0.3 is 0 Å². The number of carbonyl (C=O) groups is 1. The molecule has 3 aromatic rings. The van der Waals surface area contributed by atoms with E-state index in [1.165, 1.54) is 11.1 Å². The highest BCUT2D eigenvalue weighted by molar-refractivity contribution is 7.99. The van der Waals surface area contributed by atoms with E-state index in [1.807, 2.05) is 43.0 Å². The van der Waals surface area contributed by atoms with E-state index in [1.54, 1.807) is 11.8 Å². The van der Waals surface area contributed by atoms with Gasteiger partial charge in [0, 0.05) is 24.9 Å². The molecule has 0 bridgehead atoms. The van der Waals surface area contributed by atoms with Gasteiger partial charge in [0.2, 0.25) is 5.91 Å². The number of pyridine rings is 1. The number of aromatic nitrogens is 1. The van der Waals surface area contributed by atoms with Crippen LogP contribution in [0.25, 0.3) is 10.9 Å².